The summed E-state index contributed by atoms with van der Waals surface area (Å²) < 4.78 is 5.23. The number of hydrogen-bond donors (Lipinski definition) is 2. The molecule has 5 heteroatoms. The Morgan fingerprint density at radius 2 is 2.09 bits per heavy atom. The summed E-state index contributed by atoms with van der Waals surface area (Å²) >= 11 is 0. The van der Waals surface area contributed by atoms with Crippen molar-refractivity contribution in [1.29, 1.82) is 0 Å². The molecular formula is C27H31N3O2. The van der Waals surface area contributed by atoms with Crippen LogP contribution >= 0.6 is 0 Å². The number of ether oxygens (including phenoxy) is 1. The first-order chi connectivity index (χ1) is 15.6. The number of rotatable bonds is 6. The topological polar surface area (TPSA) is 57.4 Å². The van der Waals surface area contributed by atoms with E-state index < -0.39 is 0 Å². The number of hydrogen-bond acceptors (Lipinski definition) is 3. The van der Waals surface area contributed by atoms with Gasteiger partial charge in [-0.2, -0.15) is 0 Å². The molecule has 0 unspecified atom stereocenters. The maximum Gasteiger partial charge on any atom is 0.228 e. The van der Waals surface area contributed by atoms with Crippen LogP contribution in [0, 0.1) is 5.92 Å². The molecule has 166 valence electrons. The summed E-state index contributed by atoms with van der Waals surface area (Å²) in [5.74, 6) is 1.20. The van der Waals surface area contributed by atoms with Gasteiger partial charge in [0.1, 0.15) is 5.75 Å². The predicted octanol–water partition coefficient (Wildman–Crippen LogP) is 5.20. The number of carbonyl (C=O) groups excluding carboxylic acids is 1. The van der Waals surface area contributed by atoms with E-state index in [1.807, 2.05) is 30.3 Å². The molecule has 1 aliphatic carbocycles. The molecule has 1 saturated heterocycles. The second-order valence-electron chi connectivity index (χ2n) is 9.01. The number of H-pyrrole nitrogens is 1. The van der Waals surface area contributed by atoms with Gasteiger partial charge in [-0.15, -0.1) is 0 Å². The van der Waals surface area contributed by atoms with E-state index in [0.29, 0.717) is 12.0 Å². The number of benzene rings is 2. The van der Waals surface area contributed by atoms with E-state index in [1.54, 1.807) is 7.11 Å². The fourth-order valence-corrected chi connectivity index (χ4v) is 5.74. The van der Waals surface area contributed by atoms with Crippen molar-refractivity contribution in [2.75, 3.05) is 25.5 Å². The molecule has 0 radical (unpaired) electrons. The fraction of sp³-hybridized carbons (Fsp3) is 0.370. The van der Waals surface area contributed by atoms with Crippen LogP contribution in [-0.2, 0) is 11.2 Å². The zero-order chi connectivity index (χ0) is 22.2. The number of aromatic nitrogens is 1. The van der Waals surface area contributed by atoms with Crippen molar-refractivity contribution in [3.05, 3.63) is 65.9 Å². The van der Waals surface area contributed by atoms with Crippen LogP contribution in [0.3, 0.4) is 0 Å². The summed E-state index contributed by atoms with van der Waals surface area (Å²) in [4.78, 5) is 19.4. The number of aromatic amines is 1. The number of anilines is 1. The quantitative estimate of drug-likeness (QED) is 0.566. The first-order valence-electron chi connectivity index (χ1n) is 11.6. The first kappa shape index (κ1) is 20.8. The monoisotopic (exact) mass is 429 g/mol. The molecule has 3 aromatic rings. The highest BCUT2D eigenvalue weighted by Crippen LogP contribution is 2.46. The van der Waals surface area contributed by atoms with Crippen molar-refractivity contribution < 1.29 is 9.53 Å². The minimum atomic E-state index is -0.0421. The van der Waals surface area contributed by atoms with Gasteiger partial charge in [-0.3, -0.25) is 9.69 Å². The normalized spacial score (nSPS) is 22.4. The van der Waals surface area contributed by atoms with Crippen molar-refractivity contribution in [1.82, 2.24) is 9.88 Å². The Balaban J connectivity index is 1.46. The standard InChI is InChI=1S/C27H31N3O2/c1-4-13-30-16-17(27(31)28-18-9-11-19(32-3)12-10-18)14-21-20-7-6-8-24-26(20)22(15-25(21)30)23(5-2)29-24/h5-12,17,21,25,29H,2,4,13-16H2,1,3H3,(H,28,31)/t17-,21-,25-/m1/s1. The highest BCUT2D eigenvalue weighted by atomic mass is 16.5. The summed E-state index contributed by atoms with van der Waals surface area (Å²) in [6.07, 6.45) is 4.90. The van der Waals surface area contributed by atoms with Gasteiger partial charge in [0, 0.05) is 40.8 Å². The second kappa shape index (κ2) is 8.47. The smallest absolute Gasteiger partial charge is 0.228 e. The Morgan fingerprint density at radius 3 is 2.81 bits per heavy atom. The van der Waals surface area contributed by atoms with Crippen molar-refractivity contribution in [2.45, 2.75) is 38.1 Å². The maximum atomic E-state index is 13.3. The van der Waals surface area contributed by atoms with Crippen LogP contribution in [0.1, 0.15) is 42.5 Å². The van der Waals surface area contributed by atoms with Crippen molar-refractivity contribution >= 4 is 28.6 Å². The van der Waals surface area contributed by atoms with Crippen LogP contribution < -0.4 is 10.1 Å². The lowest BCUT2D eigenvalue weighted by atomic mass is 9.71. The average Bonchev–Trinajstić information content (AvgIpc) is 3.19. The summed E-state index contributed by atoms with van der Waals surface area (Å²) in [6, 6.07) is 14.5. The third-order valence-corrected chi connectivity index (χ3v) is 7.18. The van der Waals surface area contributed by atoms with Crippen LogP contribution in [0.4, 0.5) is 5.69 Å². The van der Waals surface area contributed by atoms with E-state index in [2.05, 4.69) is 46.9 Å². The zero-order valence-electron chi connectivity index (χ0n) is 18.9. The molecule has 1 fully saturated rings. The molecule has 2 aromatic carbocycles. The number of carbonyl (C=O) groups is 1. The lowest BCUT2D eigenvalue weighted by Gasteiger charge is -2.46. The molecule has 1 aliphatic heterocycles. The van der Waals surface area contributed by atoms with Gasteiger partial charge in [-0.25, -0.2) is 0 Å². The minimum Gasteiger partial charge on any atom is -0.497 e. The summed E-state index contributed by atoms with van der Waals surface area (Å²) in [7, 11) is 1.65. The van der Waals surface area contributed by atoms with Gasteiger partial charge < -0.3 is 15.0 Å². The lowest BCUT2D eigenvalue weighted by Crippen LogP contribution is -2.52. The Hall–Kier alpha value is -3.05. The molecule has 2 aliphatic rings. The Labute approximate surface area is 189 Å². The van der Waals surface area contributed by atoms with Crippen LogP contribution in [0.15, 0.2) is 49.0 Å². The molecule has 0 bridgehead atoms. The molecule has 1 aromatic heterocycles. The van der Waals surface area contributed by atoms with Crippen LogP contribution in [0.5, 0.6) is 5.75 Å². The Bertz CT molecular complexity index is 1150. The number of likely N-dealkylation sites (tertiary alicyclic amines) is 1. The number of amides is 1. The van der Waals surface area contributed by atoms with Gasteiger partial charge in [0.05, 0.1) is 13.0 Å². The SMILES string of the molecule is C=Cc1[nH]c2cccc3c2c1C[C@@H]1[C@@H]3C[C@@H](C(=O)Nc2ccc(OC)cc2)CN1CCC. The first-order valence-corrected chi connectivity index (χ1v) is 11.6. The molecule has 1 amide bonds. The van der Waals surface area contributed by atoms with E-state index in [1.165, 1.54) is 22.0 Å². The summed E-state index contributed by atoms with van der Waals surface area (Å²) in [5, 5.41) is 4.48. The van der Waals surface area contributed by atoms with E-state index in [9.17, 15) is 4.79 Å². The maximum absolute atomic E-state index is 13.3. The molecule has 32 heavy (non-hydrogen) atoms. The largest absolute Gasteiger partial charge is 0.497 e. The van der Waals surface area contributed by atoms with Crippen molar-refractivity contribution in [3.63, 3.8) is 0 Å². The number of nitrogens with one attached hydrogen (secondary N) is 2. The summed E-state index contributed by atoms with van der Waals surface area (Å²) in [5.41, 5.74) is 5.89. The van der Waals surface area contributed by atoms with E-state index in [4.69, 9.17) is 4.74 Å². The minimum absolute atomic E-state index is 0.0421. The third kappa shape index (κ3) is 3.51. The van der Waals surface area contributed by atoms with E-state index in [-0.39, 0.29) is 11.8 Å². The van der Waals surface area contributed by atoms with Gasteiger partial charge in [-0.05, 0) is 73.3 Å². The van der Waals surface area contributed by atoms with E-state index in [0.717, 1.165) is 49.5 Å². The molecule has 0 saturated carbocycles. The number of nitrogens with zero attached hydrogens (tertiary/aromatic N) is 1. The molecule has 3 atom stereocenters. The fourth-order valence-electron chi connectivity index (χ4n) is 5.74. The molecular weight excluding hydrogens is 398 g/mol. The highest BCUT2D eigenvalue weighted by molar-refractivity contribution is 5.94. The number of methoxy groups -OCH3 is 1. The van der Waals surface area contributed by atoms with Gasteiger partial charge in [0.25, 0.3) is 0 Å². The molecule has 0 spiro atoms. The zero-order valence-corrected chi connectivity index (χ0v) is 18.9. The molecule has 5 nitrogen and oxygen atoms in total. The van der Waals surface area contributed by atoms with Crippen LogP contribution in [0.2, 0.25) is 0 Å². The Kier molecular flexibility index (Phi) is 5.51. The van der Waals surface area contributed by atoms with Crippen LogP contribution in [0.25, 0.3) is 17.0 Å². The second-order valence-corrected chi connectivity index (χ2v) is 9.01. The van der Waals surface area contributed by atoms with Gasteiger partial charge in [0.2, 0.25) is 5.91 Å². The number of fused-ring (bicyclic) bond motifs is 2. The van der Waals surface area contributed by atoms with Gasteiger partial charge in [-0.1, -0.05) is 25.6 Å². The van der Waals surface area contributed by atoms with Gasteiger partial charge >= 0.3 is 0 Å². The van der Waals surface area contributed by atoms with Crippen LogP contribution in [-0.4, -0.2) is 42.0 Å². The third-order valence-electron chi connectivity index (χ3n) is 7.18. The van der Waals surface area contributed by atoms with Crippen molar-refractivity contribution in [2.24, 2.45) is 5.92 Å². The Morgan fingerprint density at radius 1 is 1.28 bits per heavy atom. The number of piperidine rings is 1. The highest BCUT2D eigenvalue weighted by Gasteiger charge is 2.43. The average molecular weight is 430 g/mol. The van der Waals surface area contributed by atoms with Gasteiger partial charge in [0.15, 0.2) is 0 Å². The molecule has 2 heterocycles. The molecule has 2 N–H and O–H groups in total. The lowest BCUT2D eigenvalue weighted by molar-refractivity contribution is -0.122. The molecule has 5 rings (SSSR count). The van der Waals surface area contributed by atoms with Crippen molar-refractivity contribution in [3.8, 4) is 5.75 Å². The van der Waals surface area contributed by atoms with E-state index >= 15 is 0 Å². The summed E-state index contributed by atoms with van der Waals surface area (Å²) in [6.45, 7) is 8.06. The predicted molar refractivity (Wildman–Crippen MR) is 130 cm³/mol.